The van der Waals surface area contributed by atoms with Gasteiger partial charge in [0.15, 0.2) is 0 Å². The van der Waals surface area contributed by atoms with Crippen LogP contribution in [0.4, 0.5) is 0 Å². The highest BCUT2D eigenvalue weighted by molar-refractivity contribution is 6.46. The zero-order valence-corrected chi connectivity index (χ0v) is 9.55. The lowest BCUT2D eigenvalue weighted by atomic mass is 9.83. The van der Waals surface area contributed by atoms with Gasteiger partial charge in [-0.3, -0.25) is 9.59 Å². The van der Waals surface area contributed by atoms with Crippen LogP contribution in [0.1, 0.15) is 34.6 Å². The number of carbonyl (C=O) groups is 2. The Bertz CT molecular complexity index is 288. The van der Waals surface area contributed by atoms with Crippen molar-refractivity contribution in [3.63, 3.8) is 0 Å². The summed E-state index contributed by atoms with van der Waals surface area (Å²) in [7, 11) is 0. The molecule has 0 bridgehead atoms. The van der Waals surface area contributed by atoms with Gasteiger partial charge >= 0.3 is 0 Å². The Morgan fingerprint density at radius 3 is 1.79 bits per heavy atom. The highest BCUT2D eigenvalue weighted by Crippen LogP contribution is 2.27. The van der Waals surface area contributed by atoms with Crippen LogP contribution in [0, 0.1) is 5.41 Å². The zero-order chi connectivity index (χ0) is 11.4. The molecule has 0 spiro atoms. The van der Waals surface area contributed by atoms with Gasteiger partial charge in [-0.25, -0.2) is 0 Å². The molecule has 0 aromatic heterocycles. The summed E-state index contributed by atoms with van der Waals surface area (Å²) in [5.74, 6) is -0.842. The zero-order valence-electron chi connectivity index (χ0n) is 9.55. The average Bonchev–Trinajstić information content (AvgIpc) is 2.11. The predicted octanol–water partition coefficient (Wildman–Crippen LogP) is 2.69. The minimum Gasteiger partial charge on any atom is -0.286 e. The Hall–Kier alpha value is -1.18. The number of hydrogen-bond donors (Lipinski definition) is 0. The minimum atomic E-state index is -0.428. The van der Waals surface area contributed by atoms with E-state index < -0.39 is 11.6 Å². The molecule has 14 heavy (non-hydrogen) atoms. The molecule has 1 rings (SSSR count). The third-order valence-corrected chi connectivity index (χ3v) is 1.81. The van der Waals surface area contributed by atoms with Crippen LogP contribution in [-0.2, 0) is 9.59 Å². The molecule has 2 heteroatoms. The van der Waals surface area contributed by atoms with Gasteiger partial charge in [0.1, 0.15) is 0 Å². The summed E-state index contributed by atoms with van der Waals surface area (Å²) in [6, 6.07) is 0. The van der Waals surface area contributed by atoms with E-state index in [1.165, 1.54) is 12.2 Å². The van der Waals surface area contributed by atoms with E-state index in [1.807, 2.05) is 34.6 Å². The fraction of sp³-hybridized carbons (Fsp3) is 0.500. The Labute approximate surface area is 85.7 Å². The second-order valence-corrected chi connectivity index (χ2v) is 3.91. The second-order valence-electron chi connectivity index (χ2n) is 3.91. The van der Waals surface area contributed by atoms with Crippen LogP contribution in [0.3, 0.4) is 0 Å². The van der Waals surface area contributed by atoms with Crippen molar-refractivity contribution in [2.24, 2.45) is 5.41 Å². The number of rotatable bonds is 0. The lowest BCUT2D eigenvalue weighted by Crippen LogP contribution is -2.17. The third kappa shape index (κ3) is 3.29. The van der Waals surface area contributed by atoms with Gasteiger partial charge in [-0.15, -0.1) is 0 Å². The maximum absolute atomic E-state index is 11.0. The van der Waals surface area contributed by atoms with Crippen LogP contribution < -0.4 is 0 Å². The van der Waals surface area contributed by atoms with Gasteiger partial charge in [0.25, 0.3) is 0 Å². The molecule has 0 radical (unpaired) electrons. The van der Waals surface area contributed by atoms with E-state index in [0.29, 0.717) is 0 Å². The van der Waals surface area contributed by atoms with Crippen molar-refractivity contribution in [1.82, 2.24) is 0 Å². The third-order valence-electron chi connectivity index (χ3n) is 1.81. The molecule has 0 fully saturated rings. The second kappa shape index (κ2) is 4.89. The lowest BCUT2D eigenvalue weighted by Gasteiger charge is -2.21. The number of carbonyl (C=O) groups excluding carboxylic acids is 2. The van der Waals surface area contributed by atoms with Crippen molar-refractivity contribution < 1.29 is 9.59 Å². The molecule has 0 N–H and O–H groups in total. The summed E-state index contributed by atoms with van der Waals surface area (Å²) in [5.41, 5.74) is 0.847. The topological polar surface area (TPSA) is 34.1 Å². The summed E-state index contributed by atoms with van der Waals surface area (Å²) in [6.45, 7) is 10.0. The Balaban J connectivity index is 0.000000791. The Kier molecular flexibility index (Phi) is 4.48. The summed E-state index contributed by atoms with van der Waals surface area (Å²) >= 11 is 0. The standard InChI is InChI=1S/C10H12O2.C2H6/c1-10(2,3)7-4-5-8(11)9(12)6-7;1-2/h4-6H,1-3H3;1-2H3. The van der Waals surface area contributed by atoms with E-state index in [4.69, 9.17) is 0 Å². The summed E-state index contributed by atoms with van der Waals surface area (Å²) in [4.78, 5) is 21.8. The summed E-state index contributed by atoms with van der Waals surface area (Å²) in [6.07, 6.45) is 4.47. The largest absolute Gasteiger partial charge is 0.286 e. The van der Waals surface area contributed by atoms with Gasteiger partial charge in [-0.05, 0) is 23.1 Å². The number of ketones is 2. The number of hydrogen-bond acceptors (Lipinski definition) is 2. The minimum absolute atomic E-state index is 0.0626. The van der Waals surface area contributed by atoms with Crippen molar-refractivity contribution >= 4 is 11.6 Å². The van der Waals surface area contributed by atoms with Gasteiger partial charge in [0.2, 0.25) is 11.6 Å². The quantitative estimate of drug-likeness (QED) is 0.439. The first-order chi connectivity index (χ1) is 6.41. The molecule has 0 aliphatic heterocycles. The molecule has 1 aliphatic rings. The molecule has 0 aromatic rings. The van der Waals surface area contributed by atoms with Gasteiger partial charge in [-0.1, -0.05) is 40.7 Å². The van der Waals surface area contributed by atoms with Gasteiger partial charge < -0.3 is 0 Å². The highest BCUT2D eigenvalue weighted by atomic mass is 16.2. The van der Waals surface area contributed by atoms with Crippen LogP contribution in [0.15, 0.2) is 23.8 Å². The molecular weight excluding hydrogens is 176 g/mol. The molecule has 1 aliphatic carbocycles. The molecule has 78 valence electrons. The van der Waals surface area contributed by atoms with Crippen LogP contribution in [-0.4, -0.2) is 11.6 Å². The van der Waals surface area contributed by atoms with Crippen molar-refractivity contribution in [3.8, 4) is 0 Å². The van der Waals surface area contributed by atoms with Gasteiger partial charge in [0.05, 0.1) is 0 Å². The van der Waals surface area contributed by atoms with Crippen molar-refractivity contribution in [2.45, 2.75) is 34.6 Å². The maximum Gasteiger partial charge on any atom is 0.225 e. The van der Waals surface area contributed by atoms with Crippen LogP contribution in [0.2, 0.25) is 0 Å². The summed E-state index contributed by atoms with van der Waals surface area (Å²) in [5, 5.41) is 0. The number of allylic oxidation sites excluding steroid dienone is 4. The first-order valence-corrected chi connectivity index (χ1v) is 4.90. The fourth-order valence-electron chi connectivity index (χ4n) is 0.975. The molecule has 2 nitrogen and oxygen atoms in total. The first-order valence-electron chi connectivity index (χ1n) is 4.90. The normalized spacial score (nSPS) is 15.9. The smallest absolute Gasteiger partial charge is 0.225 e. The monoisotopic (exact) mass is 194 g/mol. The van der Waals surface area contributed by atoms with E-state index in [1.54, 1.807) is 6.08 Å². The maximum atomic E-state index is 11.0. The first kappa shape index (κ1) is 12.8. The molecule has 0 saturated carbocycles. The molecule has 0 unspecified atom stereocenters. The Morgan fingerprint density at radius 1 is 0.929 bits per heavy atom. The SMILES string of the molecule is CC.CC(C)(C)C1=CC(=O)C(=O)C=C1. The molecular formula is C12H18O2. The van der Waals surface area contributed by atoms with E-state index in [0.717, 1.165) is 5.57 Å². The molecule has 0 aromatic carbocycles. The molecule has 0 saturated heterocycles. The van der Waals surface area contributed by atoms with Crippen molar-refractivity contribution in [1.29, 1.82) is 0 Å². The lowest BCUT2D eigenvalue weighted by molar-refractivity contribution is -0.131. The Morgan fingerprint density at radius 2 is 1.43 bits per heavy atom. The van der Waals surface area contributed by atoms with E-state index >= 15 is 0 Å². The summed E-state index contributed by atoms with van der Waals surface area (Å²) < 4.78 is 0. The van der Waals surface area contributed by atoms with Crippen LogP contribution in [0.5, 0.6) is 0 Å². The van der Waals surface area contributed by atoms with E-state index in [2.05, 4.69) is 0 Å². The van der Waals surface area contributed by atoms with Gasteiger partial charge in [0, 0.05) is 0 Å². The van der Waals surface area contributed by atoms with E-state index in [9.17, 15) is 9.59 Å². The van der Waals surface area contributed by atoms with Crippen LogP contribution in [0.25, 0.3) is 0 Å². The fourth-order valence-corrected chi connectivity index (χ4v) is 0.975. The highest BCUT2D eigenvalue weighted by Gasteiger charge is 2.21. The van der Waals surface area contributed by atoms with Crippen molar-refractivity contribution in [2.75, 3.05) is 0 Å². The molecule has 0 amide bonds. The van der Waals surface area contributed by atoms with Crippen molar-refractivity contribution in [3.05, 3.63) is 23.8 Å². The predicted molar refractivity (Wildman–Crippen MR) is 58.0 cm³/mol. The molecule has 0 atom stereocenters. The van der Waals surface area contributed by atoms with E-state index in [-0.39, 0.29) is 5.41 Å². The molecule has 0 heterocycles. The van der Waals surface area contributed by atoms with Gasteiger partial charge in [-0.2, -0.15) is 0 Å². The van der Waals surface area contributed by atoms with Crippen LogP contribution >= 0.6 is 0 Å². The average molecular weight is 194 g/mol.